The van der Waals surface area contributed by atoms with Gasteiger partial charge in [-0.25, -0.2) is 0 Å². The predicted octanol–water partition coefficient (Wildman–Crippen LogP) is 3.22. The van der Waals surface area contributed by atoms with Crippen molar-refractivity contribution in [3.8, 4) is 11.5 Å². The molecule has 0 unspecified atom stereocenters. The number of fused-ring (bicyclic) bond motifs is 1. The van der Waals surface area contributed by atoms with Gasteiger partial charge in [0, 0.05) is 24.1 Å². The van der Waals surface area contributed by atoms with Gasteiger partial charge in [-0.1, -0.05) is 18.5 Å². The van der Waals surface area contributed by atoms with Crippen LogP contribution >= 0.6 is 11.6 Å². The third-order valence-corrected chi connectivity index (χ3v) is 3.95. The second-order valence-corrected chi connectivity index (χ2v) is 6.38. The first-order chi connectivity index (χ1) is 10.4. The Morgan fingerprint density at radius 2 is 1.91 bits per heavy atom. The van der Waals surface area contributed by atoms with E-state index < -0.39 is 0 Å². The van der Waals surface area contributed by atoms with Gasteiger partial charge < -0.3 is 20.1 Å². The molecular weight excluding hydrogens is 304 g/mol. The molecule has 0 aromatic heterocycles. The molecule has 6 heteroatoms. The highest BCUT2D eigenvalue weighted by molar-refractivity contribution is 6.33. The molecule has 0 saturated carbocycles. The van der Waals surface area contributed by atoms with Gasteiger partial charge in [-0.3, -0.25) is 4.79 Å². The summed E-state index contributed by atoms with van der Waals surface area (Å²) in [6, 6.07) is 3.50. The van der Waals surface area contributed by atoms with Crippen LogP contribution < -0.4 is 20.1 Å². The van der Waals surface area contributed by atoms with Crippen LogP contribution in [0.4, 0.5) is 5.69 Å². The van der Waals surface area contributed by atoms with E-state index >= 15 is 0 Å². The van der Waals surface area contributed by atoms with Crippen molar-refractivity contribution in [1.82, 2.24) is 5.32 Å². The standard InChI is InChI=1S/C16H23ClN2O3/c1-4-16(2,3)19-15(20)10-18-12-9-14-13(8-11(12)17)21-6-5-7-22-14/h8-9,18H,4-7,10H2,1-3H3,(H,19,20). The number of carbonyl (C=O) groups is 1. The number of hydrogen-bond donors (Lipinski definition) is 2. The normalized spacial score (nSPS) is 14.2. The van der Waals surface area contributed by atoms with Crippen LogP contribution in [-0.4, -0.2) is 31.2 Å². The average molecular weight is 327 g/mol. The lowest BCUT2D eigenvalue weighted by molar-refractivity contribution is -0.121. The van der Waals surface area contributed by atoms with E-state index in [2.05, 4.69) is 10.6 Å². The summed E-state index contributed by atoms with van der Waals surface area (Å²) in [4.78, 5) is 12.0. The van der Waals surface area contributed by atoms with Crippen molar-refractivity contribution in [3.63, 3.8) is 0 Å². The molecule has 1 aliphatic rings. The lowest BCUT2D eigenvalue weighted by Crippen LogP contribution is -2.45. The van der Waals surface area contributed by atoms with Crippen LogP contribution in [0.15, 0.2) is 12.1 Å². The molecule has 0 radical (unpaired) electrons. The summed E-state index contributed by atoms with van der Waals surface area (Å²) >= 11 is 6.23. The molecule has 1 aliphatic heterocycles. The molecule has 0 aliphatic carbocycles. The van der Waals surface area contributed by atoms with Crippen LogP contribution in [0.5, 0.6) is 11.5 Å². The summed E-state index contributed by atoms with van der Waals surface area (Å²) in [6.45, 7) is 7.40. The number of halogens is 1. The molecular formula is C16H23ClN2O3. The van der Waals surface area contributed by atoms with Crippen molar-refractivity contribution in [1.29, 1.82) is 0 Å². The van der Waals surface area contributed by atoms with E-state index in [-0.39, 0.29) is 18.0 Å². The minimum atomic E-state index is -0.215. The molecule has 0 spiro atoms. The van der Waals surface area contributed by atoms with E-state index in [1.54, 1.807) is 12.1 Å². The highest BCUT2D eigenvalue weighted by Crippen LogP contribution is 2.37. The zero-order valence-electron chi connectivity index (χ0n) is 13.3. The summed E-state index contributed by atoms with van der Waals surface area (Å²) in [5.74, 6) is 1.22. The summed E-state index contributed by atoms with van der Waals surface area (Å²) in [5.41, 5.74) is 0.447. The van der Waals surface area contributed by atoms with Gasteiger partial charge in [-0.15, -0.1) is 0 Å². The van der Waals surface area contributed by atoms with Crippen molar-refractivity contribution in [3.05, 3.63) is 17.2 Å². The largest absolute Gasteiger partial charge is 0.490 e. The second kappa shape index (κ2) is 7.09. The lowest BCUT2D eigenvalue weighted by Gasteiger charge is -2.24. The molecule has 2 N–H and O–H groups in total. The number of amides is 1. The number of benzene rings is 1. The van der Waals surface area contributed by atoms with Crippen LogP contribution in [-0.2, 0) is 4.79 Å². The van der Waals surface area contributed by atoms with Crippen molar-refractivity contribution >= 4 is 23.2 Å². The molecule has 122 valence electrons. The van der Waals surface area contributed by atoms with Crippen LogP contribution in [0, 0.1) is 0 Å². The van der Waals surface area contributed by atoms with Crippen LogP contribution in [0.25, 0.3) is 0 Å². The first kappa shape index (κ1) is 16.7. The SMILES string of the molecule is CCC(C)(C)NC(=O)CNc1cc2c(cc1Cl)OCCCO2. The average Bonchev–Trinajstić information content (AvgIpc) is 2.69. The summed E-state index contributed by atoms with van der Waals surface area (Å²) in [5, 5.41) is 6.52. The maximum atomic E-state index is 12.0. The minimum absolute atomic E-state index is 0.0740. The Labute approximate surface area is 136 Å². The van der Waals surface area contributed by atoms with E-state index in [4.69, 9.17) is 21.1 Å². The third-order valence-electron chi connectivity index (χ3n) is 3.64. The van der Waals surface area contributed by atoms with E-state index in [0.717, 1.165) is 12.8 Å². The molecule has 0 atom stereocenters. The molecule has 2 rings (SSSR count). The van der Waals surface area contributed by atoms with Gasteiger partial charge in [0.05, 0.1) is 30.5 Å². The van der Waals surface area contributed by atoms with Gasteiger partial charge >= 0.3 is 0 Å². The maximum Gasteiger partial charge on any atom is 0.239 e. The fourth-order valence-electron chi connectivity index (χ4n) is 2.00. The zero-order chi connectivity index (χ0) is 16.2. The third kappa shape index (κ3) is 4.44. The fourth-order valence-corrected chi connectivity index (χ4v) is 2.23. The molecule has 1 amide bonds. The second-order valence-electron chi connectivity index (χ2n) is 5.97. The smallest absolute Gasteiger partial charge is 0.239 e. The Bertz CT molecular complexity index is 546. The fraction of sp³-hybridized carbons (Fsp3) is 0.562. The van der Waals surface area contributed by atoms with E-state index in [1.807, 2.05) is 20.8 Å². The van der Waals surface area contributed by atoms with Crippen molar-refractivity contribution in [2.75, 3.05) is 25.1 Å². The predicted molar refractivity (Wildman–Crippen MR) is 88.1 cm³/mol. The molecule has 1 aromatic carbocycles. The molecule has 0 fully saturated rings. The van der Waals surface area contributed by atoms with Gasteiger partial charge in [-0.05, 0) is 20.3 Å². The van der Waals surface area contributed by atoms with Crippen LogP contribution in [0.1, 0.15) is 33.6 Å². The summed E-state index contributed by atoms with van der Waals surface area (Å²) in [6.07, 6.45) is 1.70. The van der Waals surface area contributed by atoms with Crippen LogP contribution in [0.3, 0.4) is 0 Å². The Morgan fingerprint density at radius 3 is 2.55 bits per heavy atom. The van der Waals surface area contributed by atoms with E-state index in [0.29, 0.717) is 35.4 Å². The number of hydrogen-bond acceptors (Lipinski definition) is 4. The Hall–Kier alpha value is -1.62. The van der Waals surface area contributed by atoms with Gasteiger partial charge in [0.2, 0.25) is 5.91 Å². The minimum Gasteiger partial charge on any atom is -0.490 e. The molecule has 1 aromatic rings. The van der Waals surface area contributed by atoms with Gasteiger partial charge in [-0.2, -0.15) is 0 Å². The number of ether oxygens (including phenoxy) is 2. The Balaban J connectivity index is 2.01. The molecule has 0 bridgehead atoms. The Kier molecular flexibility index (Phi) is 5.40. The van der Waals surface area contributed by atoms with Crippen molar-refractivity contribution in [2.24, 2.45) is 0 Å². The summed E-state index contributed by atoms with van der Waals surface area (Å²) in [7, 11) is 0. The number of rotatable bonds is 5. The topological polar surface area (TPSA) is 59.6 Å². The monoisotopic (exact) mass is 326 g/mol. The van der Waals surface area contributed by atoms with Gasteiger partial charge in [0.1, 0.15) is 0 Å². The van der Waals surface area contributed by atoms with Crippen molar-refractivity contribution < 1.29 is 14.3 Å². The zero-order valence-corrected chi connectivity index (χ0v) is 14.0. The first-order valence-electron chi connectivity index (χ1n) is 7.55. The van der Waals surface area contributed by atoms with Gasteiger partial charge in [0.25, 0.3) is 0 Å². The number of carbonyl (C=O) groups excluding carboxylic acids is 1. The van der Waals surface area contributed by atoms with E-state index in [1.165, 1.54) is 0 Å². The molecule has 22 heavy (non-hydrogen) atoms. The quantitative estimate of drug-likeness (QED) is 0.872. The highest BCUT2D eigenvalue weighted by atomic mass is 35.5. The lowest BCUT2D eigenvalue weighted by atomic mass is 10.0. The van der Waals surface area contributed by atoms with Crippen LogP contribution in [0.2, 0.25) is 5.02 Å². The maximum absolute atomic E-state index is 12.0. The summed E-state index contributed by atoms with van der Waals surface area (Å²) < 4.78 is 11.2. The highest BCUT2D eigenvalue weighted by Gasteiger charge is 2.18. The molecule has 5 nitrogen and oxygen atoms in total. The molecule has 0 saturated heterocycles. The number of anilines is 1. The first-order valence-corrected chi connectivity index (χ1v) is 7.93. The molecule has 1 heterocycles. The van der Waals surface area contributed by atoms with E-state index in [9.17, 15) is 4.79 Å². The Morgan fingerprint density at radius 1 is 1.27 bits per heavy atom. The van der Waals surface area contributed by atoms with Crippen molar-refractivity contribution in [2.45, 2.75) is 39.2 Å². The number of nitrogens with one attached hydrogen (secondary N) is 2. The van der Waals surface area contributed by atoms with Gasteiger partial charge in [0.15, 0.2) is 11.5 Å².